The molecule has 12 heavy (non-hydrogen) atoms. The molecular formula is C8H15NO3. The first kappa shape index (κ1) is 9.48. The molecule has 0 spiro atoms. The smallest absolute Gasteiger partial charge is 0.309 e. The SMILES string of the molecule is CC[C@@H]1C[C@@H]([C@@H](N)CO)OC1=O. The van der Waals surface area contributed by atoms with Crippen molar-refractivity contribution in [1.29, 1.82) is 0 Å². The predicted octanol–water partition coefficient (Wildman–Crippen LogP) is -0.352. The largest absolute Gasteiger partial charge is 0.460 e. The first-order valence-corrected chi connectivity index (χ1v) is 4.26. The molecule has 4 nitrogen and oxygen atoms in total. The molecule has 1 saturated heterocycles. The standard InChI is InChI=1S/C8H15NO3/c1-2-5-3-7(6(9)4-10)12-8(5)11/h5-7,10H,2-4,9H2,1H3/t5-,6+,7+/m1/s1. The maximum atomic E-state index is 11.1. The number of ether oxygens (including phenoxy) is 1. The minimum atomic E-state index is -0.425. The third kappa shape index (κ3) is 1.76. The summed E-state index contributed by atoms with van der Waals surface area (Å²) in [4.78, 5) is 11.1. The average molecular weight is 173 g/mol. The van der Waals surface area contributed by atoms with Crippen molar-refractivity contribution in [2.75, 3.05) is 6.61 Å². The van der Waals surface area contributed by atoms with E-state index in [1.807, 2.05) is 6.92 Å². The molecule has 0 radical (unpaired) electrons. The highest BCUT2D eigenvalue weighted by Gasteiger charge is 2.35. The fourth-order valence-corrected chi connectivity index (χ4v) is 1.38. The maximum absolute atomic E-state index is 11.1. The number of carbonyl (C=O) groups is 1. The lowest BCUT2D eigenvalue weighted by atomic mass is 9.99. The zero-order valence-electron chi connectivity index (χ0n) is 7.19. The number of aliphatic hydroxyl groups excluding tert-OH is 1. The van der Waals surface area contributed by atoms with E-state index in [0.29, 0.717) is 6.42 Å². The minimum Gasteiger partial charge on any atom is -0.460 e. The summed E-state index contributed by atoms with van der Waals surface area (Å²) in [6.07, 6.45) is 1.15. The van der Waals surface area contributed by atoms with Crippen molar-refractivity contribution < 1.29 is 14.6 Å². The Bertz CT molecular complexity index is 172. The van der Waals surface area contributed by atoms with Gasteiger partial charge >= 0.3 is 5.97 Å². The van der Waals surface area contributed by atoms with Crippen LogP contribution in [0.2, 0.25) is 0 Å². The molecule has 1 heterocycles. The van der Waals surface area contributed by atoms with Crippen LogP contribution in [-0.2, 0) is 9.53 Å². The zero-order chi connectivity index (χ0) is 9.14. The molecule has 1 aliphatic heterocycles. The summed E-state index contributed by atoms with van der Waals surface area (Å²) in [6, 6.07) is -0.425. The van der Waals surface area contributed by atoms with Crippen LogP contribution in [0.25, 0.3) is 0 Å². The van der Waals surface area contributed by atoms with Gasteiger partial charge < -0.3 is 15.6 Å². The Balaban J connectivity index is 2.48. The number of aliphatic hydroxyl groups is 1. The summed E-state index contributed by atoms with van der Waals surface area (Å²) in [6.45, 7) is 1.81. The summed E-state index contributed by atoms with van der Waals surface area (Å²) in [7, 11) is 0. The van der Waals surface area contributed by atoms with Gasteiger partial charge in [0, 0.05) is 0 Å². The normalized spacial score (nSPS) is 31.8. The number of hydrogen-bond donors (Lipinski definition) is 2. The fourth-order valence-electron chi connectivity index (χ4n) is 1.38. The van der Waals surface area contributed by atoms with Crippen molar-refractivity contribution in [1.82, 2.24) is 0 Å². The van der Waals surface area contributed by atoms with E-state index in [2.05, 4.69) is 0 Å². The van der Waals surface area contributed by atoms with Crippen molar-refractivity contribution in [2.45, 2.75) is 31.9 Å². The molecule has 4 heteroatoms. The molecule has 1 rings (SSSR count). The highest BCUT2D eigenvalue weighted by Crippen LogP contribution is 2.24. The Labute approximate surface area is 71.7 Å². The third-order valence-electron chi connectivity index (χ3n) is 2.30. The minimum absolute atomic E-state index is 0.0207. The summed E-state index contributed by atoms with van der Waals surface area (Å²) >= 11 is 0. The van der Waals surface area contributed by atoms with Gasteiger partial charge in [0.2, 0.25) is 0 Å². The van der Waals surface area contributed by atoms with Gasteiger partial charge in [-0.25, -0.2) is 0 Å². The number of nitrogens with two attached hydrogens (primary N) is 1. The molecule has 0 bridgehead atoms. The number of hydrogen-bond acceptors (Lipinski definition) is 4. The number of cyclic esters (lactones) is 1. The van der Waals surface area contributed by atoms with E-state index in [0.717, 1.165) is 6.42 Å². The van der Waals surface area contributed by atoms with E-state index >= 15 is 0 Å². The summed E-state index contributed by atoms with van der Waals surface area (Å²) in [5.41, 5.74) is 5.53. The maximum Gasteiger partial charge on any atom is 0.309 e. The topological polar surface area (TPSA) is 72.6 Å². The molecule has 0 aliphatic carbocycles. The summed E-state index contributed by atoms with van der Waals surface area (Å²) in [5.74, 6) is -0.195. The Kier molecular flexibility index (Phi) is 3.05. The second kappa shape index (κ2) is 3.87. The highest BCUT2D eigenvalue weighted by molar-refractivity contribution is 5.74. The quantitative estimate of drug-likeness (QED) is 0.572. The number of rotatable bonds is 3. The van der Waals surface area contributed by atoms with Gasteiger partial charge in [-0.3, -0.25) is 4.79 Å². The van der Waals surface area contributed by atoms with Gasteiger partial charge in [-0.1, -0.05) is 6.92 Å². The first-order chi connectivity index (χ1) is 5.69. The second-order valence-electron chi connectivity index (χ2n) is 3.16. The van der Waals surface area contributed by atoms with E-state index in [9.17, 15) is 4.79 Å². The Morgan fingerprint density at radius 1 is 1.83 bits per heavy atom. The lowest BCUT2D eigenvalue weighted by molar-refractivity contribution is -0.145. The van der Waals surface area contributed by atoms with Crippen molar-refractivity contribution in [3.05, 3.63) is 0 Å². The number of esters is 1. The van der Waals surface area contributed by atoms with Crippen LogP contribution in [0, 0.1) is 5.92 Å². The van der Waals surface area contributed by atoms with E-state index in [4.69, 9.17) is 15.6 Å². The molecule has 1 aliphatic rings. The van der Waals surface area contributed by atoms with Crippen molar-refractivity contribution >= 4 is 5.97 Å². The number of carbonyl (C=O) groups excluding carboxylic acids is 1. The third-order valence-corrected chi connectivity index (χ3v) is 2.30. The molecular weight excluding hydrogens is 158 g/mol. The van der Waals surface area contributed by atoms with E-state index in [1.54, 1.807) is 0 Å². The van der Waals surface area contributed by atoms with E-state index in [1.165, 1.54) is 0 Å². The highest BCUT2D eigenvalue weighted by atomic mass is 16.6. The Morgan fingerprint density at radius 3 is 2.92 bits per heavy atom. The van der Waals surface area contributed by atoms with Crippen LogP contribution in [0.5, 0.6) is 0 Å². The van der Waals surface area contributed by atoms with Gasteiger partial charge in [0.15, 0.2) is 0 Å². The molecule has 1 fully saturated rings. The van der Waals surface area contributed by atoms with Crippen molar-refractivity contribution in [3.63, 3.8) is 0 Å². The molecule has 0 amide bonds. The summed E-state index contributed by atoms with van der Waals surface area (Å²) < 4.78 is 4.99. The Morgan fingerprint density at radius 2 is 2.50 bits per heavy atom. The second-order valence-corrected chi connectivity index (χ2v) is 3.16. The Hall–Kier alpha value is -0.610. The molecule has 0 aromatic carbocycles. The van der Waals surface area contributed by atoms with Crippen LogP contribution in [0.3, 0.4) is 0 Å². The van der Waals surface area contributed by atoms with Gasteiger partial charge in [-0.2, -0.15) is 0 Å². The average Bonchev–Trinajstić information content (AvgIpc) is 2.45. The molecule has 3 atom stereocenters. The monoisotopic (exact) mass is 173 g/mol. The van der Waals surface area contributed by atoms with Gasteiger partial charge in [-0.05, 0) is 12.8 Å². The van der Waals surface area contributed by atoms with Crippen LogP contribution in [0.4, 0.5) is 0 Å². The van der Waals surface area contributed by atoms with Crippen LogP contribution in [0.1, 0.15) is 19.8 Å². The van der Waals surface area contributed by atoms with Crippen LogP contribution in [-0.4, -0.2) is 29.8 Å². The van der Waals surface area contributed by atoms with Crippen LogP contribution in [0.15, 0.2) is 0 Å². The molecule has 0 unspecified atom stereocenters. The van der Waals surface area contributed by atoms with Crippen molar-refractivity contribution in [3.8, 4) is 0 Å². The molecule has 70 valence electrons. The van der Waals surface area contributed by atoms with Gasteiger partial charge in [0.1, 0.15) is 6.10 Å². The van der Waals surface area contributed by atoms with Crippen LogP contribution >= 0.6 is 0 Å². The first-order valence-electron chi connectivity index (χ1n) is 4.26. The van der Waals surface area contributed by atoms with Crippen molar-refractivity contribution in [2.24, 2.45) is 11.7 Å². The lowest BCUT2D eigenvalue weighted by Crippen LogP contribution is -2.37. The molecule has 0 saturated carbocycles. The molecule has 0 aromatic heterocycles. The fraction of sp³-hybridized carbons (Fsp3) is 0.875. The van der Waals surface area contributed by atoms with Gasteiger partial charge in [0.05, 0.1) is 18.6 Å². The zero-order valence-corrected chi connectivity index (χ0v) is 7.19. The predicted molar refractivity (Wildman–Crippen MR) is 43.3 cm³/mol. The van der Waals surface area contributed by atoms with Gasteiger partial charge in [-0.15, -0.1) is 0 Å². The van der Waals surface area contributed by atoms with E-state index < -0.39 is 6.04 Å². The van der Waals surface area contributed by atoms with Crippen LogP contribution < -0.4 is 5.73 Å². The molecule has 3 N–H and O–H groups in total. The van der Waals surface area contributed by atoms with Gasteiger partial charge in [0.25, 0.3) is 0 Å². The lowest BCUT2D eigenvalue weighted by Gasteiger charge is -2.14. The summed E-state index contributed by atoms with van der Waals surface area (Å²) in [5, 5.41) is 8.72. The molecule has 0 aromatic rings. The van der Waals surface area contributed by atoms with E-state index in [-0.39, 0.29) is 24.6 Å².